The van der Waals surface area contributed by atoms with Crippen LogP contribution in [0.15, 0.2) is 261 Å². The van der Waals surface area contributed by atoms with E-state index in [4.69, 9.17) is 4.74 Å². The van der Waals surface area contributed by atoms with E-state index in [0.717, 1.165) is 73.3 Å². The van der Waals surface area contributed by atoms with Crippen LogP contribution in [0.25, 0.3) is 82.5 Å². The first kappa shape index (κ1) is 42.7. The van der Waals surface area contributed by atoms with Crippen LogP contribution in [-0.2, 0) is 0 Å². The summed E-state index contributed by atoms with van der Waals surface area (Å²) in [7, 11) is 0. The first-order valence-corrected chi connectivity index (χ1v) is 27.7. The predicted octanol–water partition coefficient (Wildman–Crippen LogP) is 14.0. The molecular formula is C72H43B2N5O. The SMILES string of the molecule is c1ccc(N(c2ccccc2)c2cc3c4c(c2)N(c2ccccc2)c2ccccc2B4c2cc4c5cc6c(cc5n(-c5ccccc5)c4cc2O3)-n2c3ccccc3c3cc4c5ccccc5n5c4c(c32)B6c2ccccc2-5)cc1. The molecular weight excluding hydrogens is 972 g/mol. The number of aromatic nitrogens is 3. The quantitative estimate of drug-likeness (QED) is 0.161. The molecule has 12 aromatic carbocycles. The van der Waals surface area contributed by atoms with Gasteiger partial charge >= 0.3 is 0 Å². The summed E-state index contributed by atoms with van der Waals surface area (Å²) in [5, 5.41) is 7.57. The molecule has 80 heavy (non-hydrogen) atoms. The van der Waals surface area contributed by atoms with Gasteiger partial charge in [-0.15, -0.1) is 0 Å². The van der Waals surface area contributed by atoms with E-state index in [1.54, 1.807) is 0 Å². The van der Waals surface area contributed by atoms with E-state index in [9.17, 15) is 0 Å². The van der Waals surface area contributed by atoms with Crippen LogP contribution < -0.4 is 47.3 Å². The van der Waals surface area contributed by atoms with Crippen molar-refractivity contribution in [2.75, 3.05) is 9.80 Å². The van der Waals surface area contributed by atoms with Gasteiger partial charge in [-0.25, -0.2) is 0 Å². The standard InChI is InChI=1S/C72H43B2N5O/c1-5-21-44(22-6-1)75(45-23-7-2-8-24-45)48-37-66-69-68(38-48)80-67-43-64-52(41-58(67)74(69)55-31-15-19-35-61(55)76(66)46-25-9-3-10-26-46)51-40-57-65(42-63(51)77(64)47-27-11-4-12-28-47)79-60-34-18-14-30-50(60)54-39-53-49-29-13-17-33-59(49)78-62-36-20-16-32-56(62)73(57)70(71(53)78)72(54)79/h1-43H. The van der Waals surface area contributed by atoms with Gasteiger partial charge < -0.3 is 28.2 Å². The van der Waals surface area contributed by atoms with Gasteiger partial charge in [0.05, 0.1) is 38.8 Å². The van der Waals surface area contributed by atoms with Crippen LogP contribution in [0.1, 0.15) is 0 Å². The molecule has 0 N–H and O–H groups in total. The maximum Gasteiger partial charge on any atom is 0.256 e. The van der Waals surface area contributed by atoms with Crippen molar-refractivity contribution in [1.29, 1.82) is 0 Å². The van der Waals surface area contributed by atoms with Gasteiger partial charge in [-0.3, -0.25) is 0 Å². The van der Waals surface area contributed by atoms with Crippen LogP contribution in [0.4, 0.5) is 34.1 Å². The van der Waals surface area contributed by atoms with Crippen molar-refractivity contribution in [3.63, 3.8) is 0 Å². The lowest BCUT2D eigenvalue weighted by atomic mass is 9.34. The van der Waals surface area contributed by atoms with Crippen LogP contribution in [0.2, 0.25) is 0 Å². The Morgan fingerprint density at radius 2 is 0.800 bits per heavy atom. The zero-order valence-electron chi connectivity index (χ0n) is 43.1. The molecule has 4 aliphatic rings. The molecule has 6 nitrogen and oxygen atoms in total. The Morgan fingerprint density at radius 3 is 1.46 bits per heavy atom. The topological polar surface area (TPSA) is 30.5 Å². The maximum atomic E-state index is 7.57. The minimum Gasteiger partial charge on any atom is -0.458 e. The predicted molar refractivity (Wildman–Crippen MR) is 335 cm³/mol. The van der Waals surface area contributed by atoms with Crippen molar-refractivity contribution >= 4 is 146 Å². The molecule has 0 amide bonds. The van der Waals surface area contributed by atoms with E-state index in [1.165, 1.54) is 87.6 Å². The highest BCUT2D eigenvalue weighted by atomic mass is 16.5. The van der Waals surface area contributed by atoms with Crippen molar-refractivity contribution < 1.29 is 4.74 Å². The molecule has 0 bridgehead atoms. The minimum atomic E-state index is -0.125. The first-order chi connectivity index (χ1) is 39.7. The summed E-state index contributed by atoms with van der Waals surface area (Å²) >= 11 is 0. The number of nitrogens with zero attached hydrogens (tertiary/aromatic N) is 5. The summed E-state index contributed by atoms with van der Waals surface area (Å²) < 4.78 is 15.2. The molecule has 0 saturated heterocycles. The zero-order chi connectivity index (χ0) is 51.9. The molecule has 19 rings (SSSR count). The average molecular weight is 1020 g/mol. The lowest BCUT2D eigenvalue weighted by molar-refractivity contribution is 0.488. The fourth-order valence-electron chi connectivity index (χ4n) is 14.9. The van der Waals surface area contributed by atoms with Gasteiger partial charge in [0.2, 0.25) is 0 Å². The number of rotatable bonds is 5. The second-order valence-electron chi connectivity index (χ2n) is 21.9. The smallest absolute Gasteiger partial charge is 0.256 e. The molecule has 0 spiro atoms. The number of hydrogen-bond donors (Lipinski definition) is 0. The van der Waals surface area contributed by atoms with E-state index in [2.05, 4.69) is 284 Å². The molecule has 3 aromatic heterocycles. The molecule has 7 heterocycles. The van der Waals surface area contributed by atoms with E-state index in [-0.39, 0.29) is 13.4 Å². The third-order valence-electron chi connectivity index (χ3n) is 18.0. The average Bonchev–Trinajstić information content (AvgIpc) is 4.12. The fraction of sp³-hybridized carbons (Fsp3) is 0. The van der Waals surface area contributed by atoms with E-state index < -0.39 is 0 Å². The normalized spacial score (nSPS) is 13.3. The summed E-state index contributed by atoms with van der Waals surface area (Å²) in [6.45, 7) is -0.134. The highest BCUT2D eigenvalue weighted by molar-refractivity contribution is 7.01. The van der Waals surface area contributed by atoms with Crippen LogP contribution in [0, 0.1) is 0 Å². The highest BCUT2D eigenvalue weighted by Gasteiger charge is 2.45. The van der Waals surface area contributed by atoms with E-state index >= 15 is 0 Å². The molecule has 0 fully saturated rings. The molecule has 0 saturated carbocycles. The Balaban J connectivity index is 0.917. The Morgan fingerprint density at radius 1 is 0.287 bits per heavy atom. The Kier molecular flexibility index (Phi) is 8.33. The van der Waals surface area contributed by atoms with Gasteiger partial charge in [0, 0.05) is 89.9 Å². The summed E-state index contributed by atoms with van der Waals surface area (Å²) in [6, 6.07) is 96.4. The molecule has 0 atom stereocenters. The number of hydrogen-bond acceptors (Lipinski definition) is 3. The van der Waals surface area contributed by atoms with Gasteiger partial charge in [0.15, 0.2) is 0 Å². The molecule has 4 aliphatic heterocycles. The van der Waals surface area contributed by atoms with Gasteiger partial charge in [0.1, 0.15) is 11.5 Å². The van der Waals surface area contributed by atoms with Crippen LogP contribution in [0.3, 0.4) is 0 Å². The Bertz CT molecular complexity index is 5140. The van der Waals surface area contributed by atoms with Crippen LogP contribution >= 0.6 is 0 Å². The first-order valence-electron chi connectivity index (χ1n) is 27.7. The monoisotopic (exact) mass is 1020 g/mol. The van der Waals surface area contributed by atoms with Crippen molar-refractivity contribution in [1.82, 2.24) is 13.7 Å². The maximum absolute atomic E-state index is 7.57. The highest BCUT2D eigenvalue weighted by Crippen LogP contribution is 2.48. The largest absolute Gasteiger partial charge is 0.458 e. The molecule has 0 unspecified atom stereocenters. The summed E-state index contributed by atoms with van der Waals surface area (Å²) in [6.07, 6.45) is 0. The second kappa shape index (κ2) is 15.6. The summed E-state index contributed by atoms with van der Waals surface area (Å²) in [5.41, 5.74) is 25.0. The van der Waals surface area contributed by atoms with Crippen molar-refractivity contribution in [2.24, 2.45) is 0 Å². The van der Waals surface area contributed by atoms with Gasteiger partial charge in [-0.1, -0.05) is 158 Å². The van der Waals surface area contributed by atoms with E-state index in [0.29, 0.717) is 0 Å². The van der Waals surface area contributed by atoms with Gasteiger partial charge in [-0.2, -0.15) is 0 Å². The number of para-hydroxylation sites is 8. The number of benzene rings is 12. The number of ether oxygens (including phenoxy) is 1. The van der Waals surface area contributed by atoms with Crippen LogP contribution in [-0.4, -0.2) is 27.1 Å². The van der Waals surface area contributed by atoms with Crippen molar-refractivity contribution in [3.8, 4) is 28.6 Å². The van der Waals surface area contributed by atoms with E-state index in [1.807, 2.05) is 0 Å². The van der Waals surface area contributed by atoms with Gasteiger partial charge in [0.25, 0.3) is 13.4 Å². The lowest BCUT2D eigenvalue weighted by Gasteiger charge is -2.41. The summed E-state index contributed by atoms with van der Waals surface area (Å²) in [5.74, 6) is 1.71. The van der Waals surface area contributed by atoms with Crippen LogP contribution in [0.5, 0.6) is 11.5 Å². The fourth-order valence-corrected chi connectivity index (χ4v) is 14.9. The third-order valence-corrected chi connectivity index (χ3v) is 18.0. The van der Waals surface area contributed by atoms with Crippen molar-refractivity contribution in [3.05, 3.63) is 261 Å². The Hall–Kier alpha value is -10.4. The molecule has 0 radical (unpaired) electrons. The molecule has 368 valence electrons. The molecule has 8 heteroatoms. The zero-order valence-corrected chi connectivity index (χ0v) is 43.1. The molecule has 15 aromatic rings. The van der Waals surface area contributed by atoms with Crippen molar-refractivity contribution in [2.45, 2.75) is 0 Å². The summed E-state index contributed by atoms with van der Waals surface area (Å²) in [4.78, 5) is 4.79. The lowest BCUT2D eigenvalue weighted by Crippen LogP contribution is -2.59. The van der Waals surface area contributed by atoms with Gasteiger partial charge in [-0.05, 0) is 124 Å². The number of fused-ring (bicyclic) bond motifs is 19. The second-order valence-corrected chi connectivity index (χ2v) is 21.9. The molecule has 0 aliphatic carbocycles. The number of anilines is 6. The minimum absolute atomic E-state index is 0.00864. The third kappa shape index (κ3) is 5.49. The Labute approximate surface area is 460 Å².